The van der Waals surface area contributed by atoms with Gasteiger partial charge in [0.15, 0.2) is 0 Å². The molecule has 0 bridgehead atoms. The summed E-state index contributed by atoms with van der Waals surface area (Å²) in [5, 5.41) is 14.0. The zero-order valence-electron chi connectivity index (χ0n) is 17.5. The van der Waals surface area contributed by atoms with Crippen LogP contribution in [0.5, 0.6) is 0 Å². The second kappa shape index (κ2) is 9.71. The maximum atomic E-state index is 13.0. The molecule has 8 nitrogen and oxygen atoms in total. The van der Waals surface area contributed by atoms with Crippen molar-refractivity contribution in [1.82, 2.24) is 5.32 Å². The Morgan fingerprint density at radius 2 is 1.80 bits per heavy atom. The summed E-state index contributed by atoms with van der Waals surface area (Å²) in [4.78, 5) is 23.5. The van der Waals surface area contributed by atoms with Crippen molar-refractivity contribution >= 4 is 27.3 Å². The number of non-ortho nitro benzene ring substituents is 1. The quantitative estimate of drug-likeness (QED) is 0.480. The molecule has 1 N–H and O–H groups in total. The van der Waals surface area contributed by atoms with Crippen molar-refractivity contribution < 1.29 is 18.1 Å². The Labute approximate surface area is 177 Å². The maximum absolute atomic E-state index is 13.0. The molecule has 162 valence electrons. The number of nitro benzene ring substituents is 1. The van der Waals surface area contributed by atoms with E-state index in [0.717, 1.165) is 28.6 Å². The van der Waals surface area contributed by atoms with Crippen LogP contribution in [0.1, 0.15) is 44.4 Å². The van der Waals surface area contributed by atoms with Crippen molar-refractivity contribution in [3.63, 3.8) is 0 Å². The Bertz CT molecular complexity index is 1010. The van der Waals surface area contributed by atoms with Gasteiger partial charge in [-0.05, 0) is 37.0 Å². The minimum atomic E-state index is -3.88. The van der Waals surface area contributed by atoms with E-state index < -0.39 is 26.9 Å². The molecule has 0 fully saturated rings. The maximum Gasteiger partial charge on any atom is 0.271 e. The topological polar surface area (TPSA) is 110 Å². The van der Waals surface area contributed by atoms with Gasteiger partial charge in [-0.1, -0.05) is 44.2 Å². The van der Waals surface area contributed by atoms with E-state index in [0.29, 0.717) is 0 Å². The number of hydrogen-bond acceptors (Lipinski definition) is 5. The van der Waals surface area contributed by atoms with Crippen LogP contribution in [0.4, 0.5) is 11.4 Å². The molecule has 2 aromatic rings. The van der Waals surface area contributed by atoms with Gasteiger partial charge in [-0.15, -0.1) is 0 Å². The van der Waals surface area contributed by atoms with Gasteiger partial charge in [0.1, 0.15) is 6.04 Å². The molecular weight excluding hydrogens is 406 g/mol. The van der Waals surface area contributed by atoms with Gasteiger partial charge in [-0.25, -0.2) is 8.42 Å². The zero-order valence-corrected chi connectivity index (χ0v) is 18.3. The highest BCUT2D eigenvalue weighted by atomic mass is 32.2. The van der Waals surface area contributed by atoms with Gasteiger partial charge in [0.2, 0.25) is 15.9 Å². The van der Waals surface area contributed by atoms with Gasteiger partial charge >= 0.3 is 0 Å². The fourth-order valence-electron chi connectivity index (χ4n) is 3.24. The van der Waals surface area contributed by atoms with Crippen molar-refractivity contribution in [3.8, 4) is 0 Å². The number of nitrogens with zero attached hydrogens (tertiary/aromatic N) is 2. The van der Waals surface area contributed by atoms with Gasteiger partial charge in [-0.2, -0.15) is 0 Å². The average molecular weight is 434 g/mol. The Balaban J connectivity index is 2.33. The van der Waals surface area contributed by atoms with Gasteiger partial charge in [-0.3, -0.25) is 19.2 Å². The number of carbonyl (C=O) groups excluding carboxylic acids is 1. The highest BCUT2D eigenvalue weighted by molar-refractivity contribution is 7.92. The van der Waals surface area contributed by atoms with Crippen LogP contribution >= 0.6 is 0 Å². The van der Waals surface area contributed by atoms with Crippen LogP contribution in [-0.4, -0.2) is 31.5 Å². The summed E-state index contributed by atoms with van der Waals surface area (Å²) in [6.07, 6.45) is 2.09. The molecule has 0 heterocycles. The van der Waals surface area contributed by atoms with Crippen LogP contribution in [0.2, 0.25) is 0 Å². The van der Waals surface area contributed by atoms with Crippen molar-refractivity contribution in [2.45, 2.75) is 45.7 Å². The molecule has 0 spiro atoms. The summed E-state index contributed by atoms with van der Waals surface area (Å²) >= 11 is 0. The fourth-order valence-corrected chi connectivity index (χ4v) is 4.44. The third-order valence-corrected chi connectivity index (χ3v) is 6.05. The third-order valence-electron chi connectivity index (χ3n) is 4.87. The predicted molar refractivity (Wildman–Crippen MR) is 117 cm³/mol. The standard InChI is InChI=1S/C21H27N3O5S/c1-5-16-10-12-17(13-11-16)15(3)22-21(25)20(6-2)23(30(4,28)29)18-8-7-9-19(14-18)24(26)27/h7-15,20H,5-6H2,1-4H3,(H,22,25). The fraction of sp³-hybridized carbons (Fsp3) is 0.381. The number of hydrogen-bond donors (Lipinski definition) is 1. The van der Waals surface area contributed by atoms with Gasteiger partial charge in [0.05, 0.1) is 22.9 Å². The zero-order chi connectivity index (χ0) is 22.5. The van der Waals surface area contributed by atoms with E-state index in [-0.39, 0.29) is 23.8 Å². The Morgan fingerprint density at radius 3 is 2.30 bits per heavy atom. The summed E-state index contributed by atoms with van der Waals surface area (Å²) in [5.41, 5.74) is 1.91. The summed E-state index contributed by atoms with van der Waals surface area (Å²) in [7, 11) is -3.88. The van der Waals surface area contributed by atoms with E-state index in [1.165, 1.54) is 23.8 Å². The minimum absolute atomic E-state index is 0.0775. The lowest BCUT2D eigenvalue weighted by molar-refractivity contribution is -0.384. The lowest BCUT2D eigenvalue weighted by Crippen LogP contribution is -2.49. The van der Waals surface area contributed by atoms with Crippen LogP contribution in [0.3, 0.4) is 0 Å². The molecule has 2 rings (SSSR count). The number of benzene rings is 2. The molecular formula is C21H27N3O5S. The first kappa shape index (κ1) is 23.3. The second-order valence-corrected chi connectivity index (χ2v) is 8.94. The van der Waals surface area contributed by atoms with E-state index in [2.05, 4.69) is 12.2 Å². The molecule has 0 radical (unpaired) electrons. The molecule has 9 heteroatoms. The molecule has 0 aliphatic rings. The van der Waals surface area contributed by atoms with E-state index in [9.17, 15) is 23.3 Å². The molecule has 0 aliphatic heterocycles. The molecule has 0 saturated carbocycles. The summed E-state index contributed by atoms with van der Waals surface area (Å²) < 4.78 is 26.0. The third kappa shape index (κ3) is 5.56. The molecule has 1 amide bonds. The van der Waals surface area contributed by atoms with Crippen molar-refractivity contribution in [3.05, 3.63) is 69.8 Å². The molecule has 30 heavy (non-hydrogen) atoms. The van der Waals surface area contributed by atoms with Crippen molar-refractivity contribution in [2.75, 3.05) is 10.6 Å². The Kier molecular flexibility index (Phi) is 7.55. The number of rotatable bonds is 9. The number of sulfonamides is 1. The molecule has 0 aliphatic carbocycles. The molecule has 2 unspecified atom stereocenters. The van der Waals surface area contributed by atoms with E-state index >= 15 is 0 Å². The highest BCUT2D eigenvalue weighted by Crippen LogP contribution is 2.27. The smallest absolute Gasteiger partial charge is 0.271 e. The molecule has 0 aromatic heterocycles. The van der Waals surface area contributed by atoms with E-state index in [1.54, 1.807) is 6.92 Å². The number of nitrogens with one attached hydrogen (secondary N) is 1. The van der Waals surface area contributed by atoms with Crippen LogP contribution in [0.25, 0.3) is 0 Å². The van der Waals surface area contributed by atoms with Crippen LogP contribution in [0.15, 0.2) is 48.5 Å². The number of carbonyl (C=O) groups is 1. The number of anilines is 1. The lowest BCUT2D eigenvalue weighted by atomic mass is 10.0. The first-order chi connectivity index (χ1) is 14.1. The second-order valence-electron chi connectivity index (χ2n) is 7.09. The summed E-state index contributed by atoms with van der Waals surface area (Å²) in [6, 6.07) is 11.7. The van der Waals surface area contributed by atoms with Crippen molar-refractivity contribution in [1.29, 1.82) is 0 Å². The van der Waals surface area contributed by atoms with E-state index in [1.807, 2.05) is 31.2 Å². The SMILES string of the molecule is CCc1ccc(C(C)NC(=O)C(CC)N(c2cccc([N+](=O)[O-])c2)S(C)(=O)=O)cc1. The lowest BCUT2D eigenvalue weighted by Gasteiger charge is -2.31. The number of aryl methyl sites for hydroxylation is 1. The van der Waals surface area contributed by atoms with Crippen LogP contribution < -0.4 is 9.62 Å². The molecule has 2 atom stereocenters. The summed E-state index contributed by atoms with van der Waals surface area (Å²) in [5.74, 6) is -0.471. The molecule has 0 saturated heterocycles. The largest absolute Gasteiger partial charge is 0.348 e. The summed E-state index contributed by atoms with van der Waals surface area (Å²) in [6.45, 7) is 5.57. The number of nitro groups is 1. The van der Waals surface area contributed by atoms with Gasteiger partial charge < -0.3 is 5.32 Å². The first-order valence-electron chi connectivity index (χ1n) is 9.71. The predicted octanol–water partition coefficient (Wildman–Crippen LogP) is 3.58. The minimum Gasteiger partial charge on any atom is -0.348 e. The Hall–Kier alpha value is -2.94. The van der Waals surface area contributed by atoms with Crippen molar-refractivity contribution in [2.24, 2.45) is 0 Å². The normalized spacial score (nSPS) is 13.3. The molecule has 2 aromatic carbocycles. The van der Waals surface area contributed by atoms with Gasteiger partial charge in [0, 0.05) is 12.1 Å². The first-order valence-corrected chi connectivity index (χ1v) is 11.6. The van der Waals surface area contributed by atoms with E-state index in [4.69, 9.17) is 0 Å². The van der Waals surface area contributed by atoms with Crippen LogP contribution in [0, 0.1) is 10.1 Å². The monoisotopic (exact) mass is 433 g/mol. The van der Waals surface area contributed by atoms with Crippen LogP contribution in [-0.2, 0) is 21.2 Å². The average Bonchev–Trinajstić information content (AvgIpc) is 2.70. The highest BCUT2D eigenvalue weighted by Gasteiger charge is 2.32. The Morgan fingerprint density at radius 1 is 1.17 bits per heavy atom. The van der Waals surface area contributed by atoms with Gasteiger partial charge in [0.25, 0.3) is 5.69 Å². The number of amides is 1.